The summed E-state index contributed by atoms with van der Waals surface area (Å²) in [5, 5.41) is 6.66. The number of benzene rings is 2. The highest BCUT2D eigenvalue weighted by atomic mass is 32.1. The molecule has 4 rings (SSSR count). The van der Waals surface area contributed by atoms with Crippen LogP contribution in [0.4, 0.5) is 10.1 Å². The third-order valence-corrected chi connectivity index (χ3v) is 5.95. The zero-order valence-electron chi connectivity index (χ0n) is 15.6. The molecule has 2 N–H and O–H groups in total. The average molecular weight is 397 g/mol. The van der Waals surface area contributed by atoms with Crippen molar-refractivity contribution in [1.29, 1.82) is 0 Å². The quantitative estimate of drug-likeness (QED) is 0.694. The van der Waals surface area contributed by atoms with Crippen molar-refractivity contribution in [2.45, 2.75) is 19.9 Å². The van der Waals surface area contributed by atoms with Gasteiger partial charge in [-0.05, 0) is 30.2 Å². The Morgan fingerprint density at radius 1 is 1.25 bits per heavy atom. The molecule has 0 atom stereocenters. The number of fused-ring (bicyclic) bond motifs is 1. The van der Waals surface area contributed by atoms with Crippen LogP contribution < -0.4 is 15.4 Å². The number of hydrogen-bond donors (Lipinski definition) is 2. The summed E-state index contributed by atoms with van der Waals surface area (Å²) in [5.41, 5.74) is 3.56. The van der Waals surface area contributed by atoms with E-state index in [1.165, 1.54) is 18.4 Å². The lowest BCUT2D eigenvalue weighted by Gasteiger charge is -2.14. The maximum absolute atomic E-state index is 14.7. The number of anilines is 1. The average Bonchev–Trinajstić information content (AvgIpc) is 3.14. The van der Waals surface area contributed by atoms with Crippen LogP contribution in [0.15, 0.2) is 36.4 Å². The highest BCUT2D eigenvalue weighted by Crippen LogP contribution is 2.34. The number of nitrogens with one attached hydrogen (secondary N) is 2. The topological polar surface area (TPSA) is 63.2 Å². The van der Waals surface area contributed by atoms with Crippen LogP contribution in [0.3, 0.4) is 0 Å². The van der Waals surface area contributed by atoms with Gasteiger partial charge in [0.1, 0.15) is 0 Å². The molecule has 2 aromatic carbocycles. The van der Waals surface area contributed by atoms with E-state index < -0.39 is 5.82 Å². The van der Waals surface area contributed by atoms with Gasteiger partial charge in [0.15, 0.2) is 16.6 Å². The third kappa shape index (κ3) is 3.39. The normalized spacial score (nSPS) is 13.1. The molecule has 0 fully saturated rings. The van der Waals surface area contributed by atoms with Crippen molar-refractivity contribution >= 4 is 22.9 Å². The van der Waals surface area contributed by atoms with Gasteiger partial charge in [-0.15, -0.1) is 11.3 Å². The van der Waals surface area contributed by atoms with E-state index in [2.05, 4.69) is 15.6 Å². The van der Waals surface area contributed by atoms with Gasteiger partial charge in [0.2, 0.25) is 0 Å². The van der Waals surface area contributed by atoms with Crippen LogP contribution >= 0.6 is 11.3 Å². The SMILES string of the molecule is COc1cccc(-c2cccc(NC(=O)c3nc4c(s3)CNCC4)c2C)c1F. The molecular formula is C21H20FN3O2S. The number of aromatic nitrogens is 1. The van der Waals surface area contributed by atoms with Crippen LogP contribution in [0.2, 0.25) is 0 Å². The van der Waals surface area contributed by atoms with Gasteiger partial charge in [-0.3, -0.25) is 4.79 Å². The first kappa shape index (κ1) is 18.6. The number of hydrogen-bond acceptors (Lipinski definition) is 5. The van der Waals surface area contributed by atoms with Crippen LogP contribution in [-0.2, 0) is 13.0 Å². The largest absolute Gasteiger partial charge is 0.494 e. The van der Waals surface area contributed by atoms with Gasteiger partial charge in [0.05, 0.1) is 12.8 Å². The first-order valence-electron chi connectivity index (χ1n) is 9.01. The Kier molecular flexibility index (Phi) is 5.11. The maximum atomic E-state index is 14.7. The number of ether oxygens (including phenoxy) is 1. The Balaban J connectivity index is 1.64. The van der Waals surface area contributed by atoms with Crippen LogP contribution in [-0.4, -0.2) is 24.5 Å². The number of carbonyl (C=O) groups excluding carboxylic acids is 1. The van der Waals surface area contributed by atoms with Gasteiger partial charge in [-0.1, -0.05) is 24.3 Å². The maximum Gasteiger partial charge on any atom is 0.284 e. The van der Waals surface area contributed by atoms with E-state index in [0.717, 1.165) is 35.6 Å². The minimum atomic E-state index is -0.420. The molecule has 0 spiro atoms. The second-order valence-corrected chi connectivity index (χ2v) is 7.65. The molecule has 0 aliphatic carbocycles. The molecule has 0 unspecified atom stereocenters. The Bertz CT molecular complexity index is 1020. The molecule has 1 aromatic heterocycles. The van der Waals surface area contributed by atoms with Gasteiger partial charge < -0.3 is 15.4 Å². The van der Waals surface area contributed by atoms with Crippen LogP contribution in [0.25, 0.3) is 11.1 Å². The van der Waals surface area contributed by atoms with E-state index in [0.29, 0.717) is 21.8 Å². The predicted molar refractivity (Wildman–Crippen MR) is 109 cm³/mol. The Hall–Kier alpha value is -2.77. The van der Waals surface area contributed by atoms with Gasteiger partial charge in [0, 0.05) is 35.6 Å². The third-order valence-electron chi connectivity index (χ3n) is 4.85. The van der Waals surface area contributed by atoms with Crippen molar-refractivity contribution in [2.75, 3.05) is 19.0 Å². The molecule has 2 heterocycles. The van der Waals surface area contributed by atoms with Crippen molar-refractivity contribution in [3.63, 3.8) is 0 Å². The Morgan fingerprint density at radius 3 is 2.82 bits per heavy atom. The summed E-state index contributed by atoms with van der Waals surface area (Å²) in [6.45, 7) is 3.50. The fourth-order valence-corrected chi connectivity index (χ4v) is 4.31. The van der Waals surface area contributed by atoms with E-state index in [4.69, 9.17) is 4.74 Å². The summed E-state index contributed by atoms with van der Waals surface area (Å²) in [4.78, 5) is 18.3. The summed E-state index contributed by atoms with van der Waals surface area (Å²) in [6, 6.07) is 10.5. The number of nitrogens with zero attached hydrogens (tertiary/aromatic N) is 1. The number of carbonyl (C=O) groups is 1. The van der Waals surface area contributed by atoms with Crippen LogP contribution in [0.1, 0.15) is 25.9 Å². The second kappa shape index (κ2) is 7.69. The lowest BCUT2D eigenvalue weighted by Crippen LogP contribution is -2.22. The van der Waals surface area contributed by atoms with Gasteiger partial charge in [-0.2, -0.15) is 0 Å². The molecule has 28 heavy (non-hydrogen) atoms. The van der Waals surface area contributed by atoms with Gasteiger partial charge >= 0.3 is 0 Å². The molecular weight excluding hydrogens is 377 g/mol. The number of methoxy groups -OCH3 is 1. The first-order valence-corrected chi connectivity index (χ1v) is 9.83. The summed E-state index contributed by atoms with van der Waals surface area (Å²) >= 11 is 1.41. The highest BCUT2D eigenvalue weighted by molar-refractivity contribution is 7.13. The van der Waals surface area contributed by atoms with Crippen molar-refractivity contribution in [1.82, 2.24) is 10.3 Å². The molecule has 144 valence electrons. The van der Waals surface area contributed by atoms with Crippen molar-refractivity contribution in [3.05, 3.63) is 63.4 Å². The lowest BCUT2D eigenvalue weighted by atomic mass is 9.98. The number of amides is 1. The molecule has 0 radical (unpaired) electrons. The Labute approximate surface area is 166 Å². The summed E-state index contributed by atoms with van der Waals surface area (Å²) in [7, 11) is 1.44. The Morgan fingerprint density at radius 2 is 2.04 bits per heavy atom. The van der Waals surface area contributed by atoms with Gasteiger partial charge in [0.25, 0.3) is 5.91 Å². The molecule has 3 aromatic rings. The van der Waals surface area contributed by atoms with E-state index in [-0.39, 0.29) is 11.7 Å². The first-order chi connectivity index (χ1) is 13.6. The predicted octanol–water partition coefficient (Wildman–Crippen LogP) is 4.16. The van der Waals surface area contributed by atoms with Crippen molar-refractivity contribution < 1.29 is 13.9 Å². The van der Waals surface area contributed by atoms with E-state index in [1.54, 1.807) is 24.3 Å². The molecule has 7 heteroatoms. The second-order valence-electron chi connectivity index (χ2n) is 6.57. The molecule has 5 nitrogen and oxygen atoms in total. The van der Waals surface area contributed by atoms with Crippen LogP contribution in [0.5, 0.6) is 5.75 Å². The number of rotatable bonds is 4. The van der Waals surface area contributed by atoms with E-state index in [9.17, 15) is 9.18 Å². The van der Waals surface area contributed by atoms with Gasteiger partial charge in [-0.25, -0.2) is 9.37 Å². The fourth-order valence-electron chi connectivity index (χ4n) is 3.34. The fraction of sp³-hybridized carbons (Fsp3) is 0.238. The number of thiazole rings is 1. The standard InChI is InChI=1S/C21H20FN3O2S/c1-12-13(14-6-4-8-17(27-2)19(14)22)5-3-7-15(12)24-20(26)21-25-16-9-10-23-11-18(16)28-21/h3-8,23H,9-11H2,1-2H3,(H,24,26). The zero-order valence-corrected chi connectivity index (χ0v) is 16.5. The zero-order chi connectivity index (χ0) is 19.7. The summed E-state index contributed by atoms with van der Waals surface area (Å²) in [6.07, 6.45) is 0.836. The van der Waals surface area contributed by atoms with Crippen LogP contribution in [0, 0.1) is 12.7 Å². The van der Waals surface area contributed by atoms with Crippen molar-refractivity contribution in [3.8, 4) is 16.9 Å². The molecule has 1 aliphatic rings. The number of halogens is 1. The minimum Gasteiger partial charge on any atom is -0.494 e. The molecule has 1 amide bonds. The lowest BCUT2D eigenvalue weighted by molar-refractivity contribution is 0.102. The smallest absolute Gasteiger partial charge is 0.284 e. The van der Waals surface area contributed by atoms with Crippen molar-refractivity contribution in [2.24, 2.45) is 0 Å². The molecule has 0 saturated heterocycles. The molecule has 1 aliphatic heterocycles. The molecule has 0 bridgehead atoms. The summed E-state index contributed by atoms with van der Waals surface area (Å²) < 4.78 is 19.8. The minimum absolute atomic E-state index is 0.188. The highest BCUT2D eigenvalue weighted by Gasteiger charge is 2.20. The molecule has 0 saturated carbocycles. The monoisotopic (exact) mass is 397 g/mol. The summed E-state index contributed by atoms with van der Waals surface area (Å²) in [5.74, 6) is -0.476. The van der Waals surface area contributed by atoms with E-state index in [1.807, 2.05) is 19.1 Å². The van der Waals surface area contributed by atoms with E-state index >= 15 is 0 Å².